The van der Waals surface area contributed by atoms with E-state index in [1.807, 2.05) is 49.4 Å². The van der Waals surface area contributed by atoms with E-state index in [1.165, 1.54) is 5.56 Å². The molecule has 2 rings (SSSR count). The zero-order chi connectivity index (χ0) is 15.1. The van der Waals surface area contributed by atoms with Crippen LogP contribution in [-0.2, 0) is 6.42 Å². The maximum Gasteiger partial charge on any atom is 0.122 e. The van der Waals surface area contributed by atoms with Gasteiger partial charge in [-0.3, -0.25) is 0 Å². The number of para-hydroxylation sites is 1. The van der Waals surface area contributed by atoms with Crippen LogP contribution in [0.5, 0.6) is 11.5 Å². The fourth-order valence-electron chi connectivity index (χ4n) is 2.25. The summed E-state index contributed by atoms with van der Waals surface area (Å²) in [6.07, 6.45) is 0.721. The van der Waals surface area contributed by atoms with Crippen molar-refractivity contribution in [1.82, 2.24) is 0 Å². The molecule has 112 valence electrons. The third kappa shape index (κ3) is 4.80. The molecule has 0 aliphatic rings. The maximum atomic E-state index is 10.2. The first kappa shape index (κ1) is 15.4. The van der Waals surface area contributed by atoms with Gasteiger partial charge in [0.25, 0.3) is 0 Å². The van der Waals surface area contributed by atoms with Gasteiger partial charge in [-0.1, -0.05) is 35.9 Å². The largest absolute Gasteiger partial charge is 0.496 e. The molecular formula is C18H22O3. The summed E-state index contributed by atoms with van der Waals surface area (Å²) >= 11 is 0. The number of rotatable bonds is 7. The standard InChI is InChI=1S/C18H22O3/c1-14-8-9-18(20-2)15(12-14)13-16(19)10-11-21-17-6-4-3-5-7-17/h3-9,12,16,19H,10-11,13H2,1-2H3. The lowest BCUT2D eigenvalue weighted by molar-refractivity contribution is 0.138. The van der Waals surface area contributed by atoms with E-state index >= 15 is 0 Å². The summed E-state index contributed by atoms with van der Waals surface area (Å²) in [4.78, 5) is 0. The number of aliphatic hydroxyl groups is 1. The Morgan fingerprint density at radius 2 is 1.86 bits per heavy atom. The minimum absolute atomic E-state index is 0.440. The van der Waals surface area contributed by atoms with Gasteiger partial charge in [-0.05, 0) is 30.7 Å². The monoisotopic (exact) mass is 286 g/mol. The minimum Gasteiger partial charge on any atom is -0.496 e. The second-order valence-corrected chi connectivity index (χ2v) is 5.12. The molecule has 0 radical (unpaired) electrons. The lowest BCUT2D eigenvalue weighted by Crippen LogP contribution is -2.15. The summed E-state index contributed by atoms with van der Waals surface area (Å²) in [6.45, 7) is 2.53. The van der Waals surface area contributed by atoms with Gasteiger partial charge in [0, 0.05) is 12.8 Å². The van der Waals surface area contributed by atoms with Gasteiger partial charge in [-0.2, -0.15) is 0 Å². The van der Waals surface area contributed by atoms with Crippen LogP contribution in [0.1, 0.15) is 17.5 Å². The first-order valence-corrected chi connectivity index (χ1v) is 7.18. The summed E-state index contributed by atoms with van der Waals surface area (Å²) in [5, 5.41) is 10.2. The van der Waals surface area contributed by atoms with Crippen LogP contribution in [0.25, 0.3) is 0 Å². The zero-order valence-electron chi connectivity index (χ0n) is 12.6. The molecule has 0 fully saturated rings. The molecule has 21 heavy (non-hydrogen) atoms. The summed E-state index contributed by atoms with van der Waals surface area (Å²) in [7, 11) is 1.65. The van der Waals surface area contributed by atoms with Gasteiger partial charge < -0.3 is 14.6 Å². The number of aryl methyl sites for hydroxylation is 1. The van der Waals surface area contributed by atoms with Gasteiger partial charge in [0.2, 0.25) is 0 Å². The number of hydrogen-bond acceptors (Lipinski definition) is 3. The highest BCUT2D eigenvalue weighted by Gasteiger charge is 2.10. The molecule has 0 saturated heterocycles. The van der Waals surface area contributed by atoms with Gasteiger partial charge >= 0.3 is 0 Å². The van der Waals surface area contributed by atoms with E-state index in [0.29, 0.717) is 19.4 Å². The normalized spacial score (nSPS) is 12.0. The summed E-state index contributed by atoms with van der Waals surface area (Å²) in [5.41, 5.74) is 2.20. The Morgan fingerprint density at radius 3 is 2.57 bits per heavy atom. The molecule has 0 aromatic heterocycles. The van der Waals surface area contributed by atoms with Crippen LogP contribution in [0, 0.1) is 6.92 Å². The van der Waals surface area contributed by atoms with Crippen molar-refractivity contribution >= 4 is 0 Å². The van der Waals surface area contributed by atoms with Crippen LogP contribution in [-0.4, -0.2) is 24.9 Å². The molecular weight excluding hydrogens is 264 g/mol. The van der Waals surface area contributed by atoms with Crippen molar-refractivity contribution in [3.05, 3.63) is 59.7 Å². The molecule has 3 nitrogen and oxygen atoms in total. The number of hydrogen-bond donors (Lipinski definition) is 1. The minimum atomic E-state index is -0.440. The van der Waals surface area contributed by atoms with Crippen molar-refractivity contribution in [2.45, 2.75) is 25.9 Å². The lowest BCUT2D eigenvalue weighted by Gasteiger charge is -2.14. The second kappa shape index (κ2) is 7.70. The summed E-state index contributed by atoms with van der Waals surface area (Å²) in [6, 6.07) is 15.6. The number of methoxy groups -OCH3 is 1. The van der Waals surface area contributed by atoms with Crippen LogP contribution in [0.3, 0.4) is 0 Å². The fourth-order valence-corrected chi connectivity index (χ4v) is 2.25. The molecule has 0 amide bonds. The topological polar surface area (TPSA) is 38.7 Å². The second-order valence-electron chi connectivity index (χ2n) is 5.12. The van der Waals surface area contributed by atoms with Crippen molar-refractivity contribution < 1.29 is 14.6 Å². The molecule has 0 spiro atoms. The molecule has 1 unspecified atom stereocenters. The Bertz CT molecular complexity index is 552. The van der Waals surface area contributed by atoms with E-state index in [2.05, 4.69) is 6.07 Å². The molecule has 1 N–H and O–H groups in total. The molecule has 0 bridgehead atoms. The highest BCUT2D eigenvalue weighted by atomic mass is 16.5. The van der Waals surface area contributed by atoms with Gasteiger partial charge in [0.1, 0.15) is 11.5 Å². The van der Waals surface area contributed by atoms with Crippen LogP contribution in [0.15, 0.2) is 48.5 Å². The Morgan fingerprint density at radius 1 is 1.10 bits per heavy atom. The van der Waals surface area contributed by atoms with Gasteiger partial charge in [0.15, 0.2) is 0 Å². The van der Waals surface area contributed by atoms with Gasteiger partial charge in [-0.15, -0.1) is 0 Å². The van der Waals surface area contributed by atoms with Crippen molar-refractivity contribution in [2.24, 2.45) is 0 Å². The quantitative estimate of drug-likeness (QED) is 0.848. The van der Waals surface area contributed by atoms with Gasteiger partial charge in [0.05, 0.1) is 19.8 Å². The highest BCUT2D eigenvalue weighted by Crippen LogP contribution is 2.22. The Kier molecular flexibility index (Phi) is 5.64. The van der Waals surface area contributed by atoms with Crippen molar-refractivity contribution in [3.63, 3.8) is 0 Å². The first-order valence-electron chi connectivity index (χ1n) is 7.18. The fraction of sp³-hybridized carbons (Fsp3) is 0.333. The van der Waals surface area contributed by atoms with Crippen molar-refractivity contribution in [1.29, 1.82) is 0 Å². The summed E-state index contributed by atoms with van der Waals surface area (Å²) in [5.74, 6) is 1.65. The maximum absolute atomic E-state index is 10.2. The van der Waals surface area contributed by atoms with E-state index in [-0.39, 0.29) is 0 Å². The zero-order valence-corrected chi connectivity index (χ0v) is 12.6. The average molecular weight is 286 g/mol. The number of aliphatic hydroxyl groups excluding tert-OH is 1. The van der Waals surface area contributed by atoms with E-state index in [4.69, 9.17) is 9.47 Å². The average Bonchev–Trinajstić information content (AvgIpc) is 2.48. The van der Waals surface area contributed by atoms with Crippen LogP contribution in [0.4, 0.5) is 0 Å². The smallest absolute Gasteiger partial charge is 0.122 e. The Labute approximate surface area is 126 Å². The summed E-state index contributed by atoms with van der Waals surface area (Å²) < 4.78 is 10.9. The predicted molar refractivity (Wildman–Crippen MR) is 84.0 cm³/mol. The van der Waals surface area contributed by atoms with E-state index < -0.39 is 6.10 Å². The van der Waals surface area contributed by atoms with Gasteiger partial charge in [-0.25, -0.2) is 0 Å². The Balaban J connectivity index is 1.84. The molecule has 1 atom stereocenters. The number of ether oxygens (including phenoxy) is 2. The predicted octanol–water partition coefficient (Wildman–Crippen LogP) is 3.38. The van der Waals surface area contributed by atoms with E-state index in [1.54, 1.807) is 7.11 Å². The molecule has 0 saturated carbocycles. The molecule has 2 aromatic carbocycles. The van der Waals surface area contributed by atoms with Crippen molar-refractivity contribution in [3.8, 4) is 11.5 Å². The van der Waals surface area contributed by atoms with Crippen LogP contribution in [0.2, 0.25) is 0 Å². The molecule has 0 heterocycles. The molecule has 3 heteroatoms. The van der Waals surface area contributed by atoms with E-state index in [0.717, 1.165) is 17.1 Å². The van der Waals surface area contributed by atoms with Crippen molar-refractivity contribution in [2.75, 3.05) is 13.7 Å². The van der Waals surface area contributed by atoms with E-state index in [9.17, 15) is 5.11 Å². The molecule has 2 aromatic rings. The van der Waals surface area contributed by atoms with Crippen LogP contribution < -0.4 is 9.47 Å². The Hall–Kier alpha value is -2.00. The molecule has 0 aliphatic carbocycles. The van der Waals surface area contributed by atoms with Crippen LogP contribution >= 0.6 is 0 Å². The third-order valence-electron chi connectivity index (χ3n) is 3.35. The highest BCUT2D eigenvalue weighted by molar-refractivity contribution is 5.37. The molecule has 0 aliphatic heterocycles. The SMILES string of the molecule is COc1ccc(C)cc1CC(O)CCOc1ccccc1. The first-order chi connectivity index (χ1) is 10.2. The number of benzene rings is 2. The lowest BCUT2D eigenvalue weighted by atomic mass is 10.0. The third-order valence-corrected chi connectivity index (χ3v) is 3.35.